The highest BCUT2D eigenvalue weighted by atomic mass is 16.5. The number of benzene rings is 3. The summed E-state index contributed by atoms with van der Waals surface area (Å²) in [5.41, 5.74) is 2.03. The van der Waals surface area contributed by atoms with Crippen LogP contribution in [-0.2, 0) is 11.2 Å². The molecule has 3 aromatic rings. The summed E-state index contributed by atoms with van der Waals surface area (Å²) in [4.78, 5) is 12.3. The van der Waals surface area contributed by atoms with Gasteiger partial charge in [0, 0.05) is 16.3 Å². The molecule has 1 atom stereocenters. The Morgan fingerprint density at radius 3 is 2.48 bits per heavy atom. The summed E-state index contributed by atoms with van der Waals surface area (Å²) in [5, 5.41) is 12.0. The van der Waals surface area contributed by atoms with Crippen LogP contribution in [0.1, 0.15) is 34.0 Å². The standard InChI is InChI=1S/C21H18O4/c1-24-21(23)18-16-11-12-17(13-7-3-2-4-8-13)25-20(16)15-10-6-5-9-14(15)19(18)22/h2-10,17,22H,11-12H2,1H3. The number of aromatic hydroxyl groups is 1. The van der Waals surface area contributed by atoms with Gasteiger partial charge in [-0.15, -0.1) is 0 Å². The van der Waals surface area contributed by atoms with E-state index < -0.39 is 5.97 Å². The Bertz CT molecular complexity index is 947. The van der Waals surface area contributed by atoms with Gasteiger partial charge in [-0.25, -0.2) is 4.79 Å². The molecule has 1 unspecified atom stereocenters. The molecular formula is C21H18O4. The number of esters is 1. The van der Waals surface area contributed by atoms with Crippen LogP contribution in [0.5, 0.6) is 11.5 Å². The largest absolute Gasteiger partial charge is 0.506 e. The second-order valence-electron chi connectivity index (χ2n) is 6.12. The van der Waals surface area contributed by atoms with Gasteiger partial charge in [0.15, 0.2) is 0 Å². The highest BCUT2D eigenvalue weighted by Crippen LogP contribution is 2.46. The van der Waals surface area contributed by atoms with Crippen molar-refractivity contribution in [3.8, 4) is 11.5 Å². The Morgan fingerprint density at radius 1 is 1.08 bits per heavy atom. The molecule has 25 heavy (non-hydrogen) atoms. The van der Waals surface area contributed by atoms with Crippen molar-refractivity contribution in [1.82, 2.24) is 0 Å². The maximum Gasteiger partial charge on any atom is 0.342 e. The number of methoxy groups -OCH3 is 1. The van der Waals surface area contributed by atoms with Gasteiger partial charge in [-0.2, -0.15) is 0 Å². The number of rotatable bonds is 2. The van der Waals surface area contributed by atoms with E-state index in [0.29, 0.717) is 17.6 Å². The molecule has 3 aromatic carbocycles. The summed E-state index contributed by atoms with van der Waals surface area (Å²) in [6.45, 7) is 0. The van der Waals surface area contributed by atoms with Crippen molar-refractivity contribution in [2.45, 2.75) is 18.9 Å². The fraction of sp³-hybridized carbons (Fsp3) is 0.190. The van der Waals surface area contributed by atoms with Gasteiger partial charge < -0.3 is 14.6 Å². The van der Waals surface area contributed by atoms with E-state index in [0.717, 1.165) is 22.9 Å². The smallest absolute Gasteiger partial charge is 0.342 e. The van der Waals surface area contributed by atoms with Crippen LogP contribution in [0.2, 0.25) is 0 Å². The third-order valence-corrected chi connectivity index (χ3v) is 4.72. The van der Waals surface area contributed by atoms with E-state index in [9.17, 15) is 9.90 Å². The SMILES string of the molecule is COC(=O)c1c2c(c3ccccc3c1O)OC(c1ccccc1)CC2. The normalized spacial score (nSPS) is 16.1. The van der Waals surface area contributed by atoms with Gasteiger partial charge in [0.25, 0.3) is 0 Å². The quantitative estimate of drug-likeness (QED) is 0.706. The number of fused-ring (bicyclic) bond motifs is 3. The molecule has 1 aliphatic rings. The lowest BCUT2D eigenvalue weighted by atomic mass is 9.90. The number of phenolic OH excluding ortho intramolecular Hbond substituents is 1. The van der Waals surface area contributed by atoms with Crippen molar-refractivity contribution in [3.05, 3.63) is 71.3 Å². The molecular weight excluding hydrogens is 316 g/mol. The molecule has 126 valence electrons. The molecule has 0 fully saturated rings. The molecule has 0 spiro atoms. The Kier molecular flexibility index (Phi) is 3.80. The second-order valence-corrected chi connectivity index (χ2v) is 6.12. The van der Waals surface area contributed by atoms with Gasteiger partial charge in [0.05, 0.1) is 7.11 Å². The van der Waals surface area contributed by atoms with Crippen LogP contribution in [0.25, 0.3) is 10.8 Å². The molecule has 0 amide bonds. The molecule has 4 heteroatoms. The number of carbonyl (C=O) groups is 1. The minimum Gasteiger partial charge on any atom is -0.506 e. The number of phenols is 1. The van der Waals surface area contributed by atoms with Crippen LogP contribution >= 0.6 is 0 Å². The molecule has 1 aliphatic heterocycles. The Hall–Kier alpha value is -3.01. The van der Waals surface area contributed by atoms with Crippen molar-refractivity contribution in [2.75, 3.05) is 7.11 Å². The molecule has 0 saturated carbocycles. The first-order chi connectivity index (χ1) is 12.2. The number of hydrogen-bond acceptors (Lipinski definition) is 4. The second kappa shape index (κ2) is 6.13. The van der Waals surface area contributed by atoms with Crippen LogP contribution in [-0.4, -0.2) is 18.2 Å². The van der Waals surface area contributed by atoms with Crippen molar-refractivity contribution in [1.29, 1.82) is 0 Å². The summed E-state index contributed by atoms with van der Waals surface area (Å²) in [7, 11) is 1.32. The minimum atomic E-state index is -0.540. The summed E-state index contributed by atoms with van der Waals surface area (Å²) in [5.74, 6) is 0.0816. The van der Waals surface area contributed by atoms with Crippen molar-refractivity contribution >= 4 is 16.7 Å². The average Bonchev–Trinajstić information content (AvgIpc) is 2.68. The van der Waals surface area contributed by atoms with Crippen LogP contribution in [0.3, 0.4) is 0 Å². The summed E-state index contributed by atoms with van der Waals surface area (Å²) >= 11 is 0. The first kappa shape index (κ1) is 15.5. The molecule has 0 aromatic heterocycles. The molecule has 4 rings (SSSR count). The van der Waals surface area contributed by atoms with Crippen LogP contribution in [0, 0.1) is 0 Å². The lowest BCUT2D eigenvalue weighted by molar-refractivity contribution is 0.0593. The number of ether oxygens (including phenoxy) is 2. The van der Waals surface area contributed by atoms with E-state index in [1.54, 1.807) is 6.07 Å². The maximum atomic E-state index is 12.3. The van der Waals surface area contributed by atoms with Gasteiger partial charge in [0.1, 0.15) is 23.2 Å². The molecule has 1 N–H and O–H groups in total. The maximum absolute atomic E-state index is 12.3. The summed E-state index contributed by atoms with van der Waals surface area (Å²) in [6, 6.07) is 17.5. The zero-order valence-electron chi connectivity index (χ0n) is 13.9. The van der Waals surface area contributed by atoms with E-state index in [2.05, 4.69) is 0 Å². The van der Waals surface area contributed by atoms with Crippen LogP contribution in [0.4, 0.5) is 0 Å². The van der Waals surface area contributed by atoms with E-state index >= 15 is 0 Å². The average molecular weight is 334 g/mol. The number of hydrogen-bond donors (Lipinski definition) is 1. The van der Waals surface area contributed by atoms with Crippen molar-refractivity contribution in [2.24, 2.45) is 0 Å². The molecule has 0 aliphatic carbocycles. The van der Waals surface area contributed by atoms with E-state index in [4.69, 9.17) is 9.47 Å². The Balaban J connectivity index is 1.92. The fourth-order valence-electron chi connectivity index (χ4n) is 3.52. The minimum absolute atomic E-state index is 0.0389. The van der Waals surface area contributed by atoms with Gasteiger partial charge in [-0.1, -0.05) is 54.6 Å². The lowest BCUT2D eigenvalue weighted by Crippen LogP contribution is -2.19. The van der Waals surface area contributed by atoms with E-state index in [1.165, 1.54) is 7.11 Å². The first-order valence-electron chi connectivity index (χ1n) is 8.27. The summed E-state index contributed by atoms with van der Waals surface area (Å²) in [6.07, 6.45) is 1.29. The third kappa shape index (κ3) is 2.50. The van der Waals surface area contributed by atoms with Crippen molar-refractivity contribution in [3.63, 3.8) is 0 Å². The highest BCUT2D eigenvalue weighted by molar-refractivity contribution is 6.05. The van der Waals surface area contributed by atoms with E-state index in [1.807, 2.05) is 48.5 Å². The first-order valence-corrected chi connectivity index (χ1v) is 8.27. The predicted molar refractivity (Wildman–Crippen MR) is 95.1 cm³/mol. The zero-order chi connectivity index (χ0) is 17.4. The van der Waals surface area contributed by atoms with Crippen molar-refractivity contribution < 1.29 is 19.4 Å². The highest BCUT2D eigenvalue weighted by Gasteiger charge is 2.30. The molecule has 4 nitrogen and oxygen atoms in total. The third-order valence-electron chi connectivity index (χ3n) is 4.72. The topological polar surface area (TPSA) is 55.8 Å². The Labute approximate surface area is 145 Å². The van der Waals surface area contributed by atoms with Crippen LogP contribution < -0.4 is 4.74 Å². The van der Waals surface area contributed by atoms with Gasteiger partial charge >= 0.3 is 5.97 Å². The molecule has 0 radical (unpaired) electrons. The predicted octanol–water partition coefficient (Wildman–Crippen LogP) is 4.40. The van der Waals surface area contributed by atoms with E-state index in [-0.39, 0.29) is 17.4 Å². The Morgan fingerprint density at radius 2 is 1.76 bits per heavy atom. The monoisotopic (exact) mass is 334 g/mol. The molecule has 1 heterocycles. The molecule has 0 bridgehead atoms. The summed E-state index contributed by atoms with van der Waals surface area (Å²) < 4.78 is 11.2. The fourth-order valence-corrected chi connectivity index (χ4v) is 3.52. The van der Waals surface area contributed by atoms with Gasteiger partial charge in [0.2, 0.25) is 0 Å². The van der Waals surface area contributed by atoms with Gasteiger partial charge in [-0.3, -0.25) is 0 Å². The van der Waals surface area contributed by atoms with Crippen LogP contribution in [0.15, 0.2) is 54.6 Å². The lowest BCUT2D eigenvalue weighted by Gasteiger charge is -2.29. The van der Waals surface area contributed by atoms with Gasteiger partial charge in [-0.05, 0) is 18.4 Å². The number of carbonyl (C=O) groups excluding carboxylic acids is 1. The molecule has 0 saturated heterocycles. The zero-order valence-corrected chi connectivity index (χ0v) is 13.9.